The van der Waals surface area contributed by atoms with Crippen molar-refractivity contribution in [3.05, 3.63) is 33.2 Å². The average molecular weight is 410 g/mol. The van der Waals surface area contributed by atoms with Crippen LogP contribution >= 0.6 is 27.3 Å². The molecule has 0 saturated heterocycles. The van der Waals surface area contributed by atoms with Crippen molar-refractivity contribution >= 4 is 38.3 Å². The van der Waals surface area contributed by atoms with Gasteiger partial charge >= 0.3 is 0 Å². The summed E-state index contributed by atoms with van der Waals surface area (Å²) in [5, 5.41) is 12.6. The Labute approximate surface area is 154 Å². The van der Waals surface area contributed by atoms with Crippen LogP contribution in [-0.4, -0.2) is 22.7 Å². The molecule has 1 aromatic heterocycles. The van der Waals surface area contributed by atoms with Crippen molar-refractivity contribution in [3.8, 4) is 5.75 Å². The summed E-state index contributed by atoms with van der Waals surface area (Å²) in [6.07, 6.45) is 4.43. The fourth-order valence-electron chi connectivity index (χ4n) is 2.26. The van der Waals surface area contributed by atoms with Crippen LogP contribution in [0.15, 0.2) is 22.7 Å². The zero-order valence-corrected chi connectivity index (χ0v) is 16.0. The summed E-state index contributed by atoms with van der Waals surface area (Å²) in [6.45, 7) is 2.62. The first-order chi connectivity index (χ1) is 11.7. The van der Waals surface area contributed by atoms with Gasteiger partial charge in [0.2, 0.25) is 11.0 Å². The van der Waals surface area contributed by atoms with Crippen LogP contribution in [0.1, 0.15) is 49.1 Å². The molecular formula is C17H20BrN3O2S. The number of hydrogen-bond donors (Lipinski definition) is 1. The number of nitrogens with zero attached hydrogens (tertiary/aromatic N) is 2. The number of hydrogen-bond acceptors (Lipinski definition) is 5. The monoisotopic (exact) mass is 409 g/mol. The van der Waals surface area contributed by atoms with Crippen molar-refractivity contribution < 1.29 is 9.53 Å². The van der Waals surface area contributed by atoms with E-state index in [0.717, 1.165) is 21.7 Å². The normalized spacial score (nSPS) is 13.8. The molecule has 0 atom stereocenters. The van der Waals surface area contributed by atoms with Gasteiger partial charge in [0.25, 0.3) is 0 Å². The highest BCUT2D eigenvalue weighted by Crippen LogP contribution is 2.42. The van der Waals surface area contributed by atoms with E-state index in [1.54, 1.807) is 0 Å². The second-order valence-corrected chi connectivity index (χ2v) is 7.70. The van der Waals surface area contributed by atoms with E-state index in [4.69, 9.17) is 4.74 Å². The smallest absolute Gasteiger partial charge is 0.226 e. The molecule has 0 radical (unpaired) electrons. The van der Waals surface area contributed by atoms with E-state index < -0.39 is 0 Å². The third-order valence-electron chi connectivity index (χ3n) is 3.82. The van der Waals surface area contributed by atoms with E-state index in [2.05, 4.69) is 50.5 Å². The minimum absolute atomic E-state index is 0.0440. The van der Waals surface area contributed by atoms with Gasteiger partial charge in [-0.1, -0.05) is 24.3 Å². The van der Waals surface area contributed by atoms with E-state index >= 15 is 0 Å². The lowest BCUT2D eigenvalue weighted by molar-refractivity contribution is -0.116. The van der Waals surface area contributed by atoms with Gasteiger partial charge in [-0.05, 0) is 59.3 Å². The van der Waals surface area contributed by atoms with E-state index in [-0.39, 0.29) is 5.91 Å². The van der Waals surface area contributed by atoms with Crippen molar-refractivity contribution in [2.45, 2.75) is 44.9 Å². The molecule has 0 unspecified atom stereocenters. The first-order valence-corrected chi connectivity index (χ1v) is 9.81. The number of rotatable bonds is 8. The van der Waals surface area contributed by atoms with Crippen LogP contribution in [0.2, 0.25) is 0 Å². The number of aromatic nitrogens is 2. The van der Waals surface area contributed by atoms with Gasteiger partial charge < -0.3 is 10.1 Å². The number of amides is 1. The lowest BCUT2D eigenvalue weighted by Crippen LogP contribution is -2.12. The van der Waals surface area contributed by atoms with Gasteiger partial charge in [0.1, 0.15) is 10.8 Å². The van der Waals surface area contributed by atoms with Gasteiger partial charge in [0, 0.05) is 12.3 Å². The summed E-state index contributed by atoms with van der Waals surface area (Å²) in [4.78, 5) is 11.9. The maximum absolute atomic E-state index is 11.9. The van der Waals surface area contributed by atoms with Crippen LogP contribution in [-0.2, 0) is 11.2 Å². The zero-order valence-electron chi connectivity index (χ0n) is 13.5. The molecule has 1 amide bonds. The maximum atomic E-state index is 11.9. The number of halogens is 1. The Kier molecular flexibility index (Phi) is 5.84. The first-order valence-electron chi connectivity index (χ1n) is 8.20. The Hall–Kier alpha value is -1.47. The number of benzene rings is 1. The summed E-state index contributed by atoms with van der Waals surface area (Å²) >= 11 is 5.00. The van der Waals surface area contributed by atoms with Crippen molar-refractivity contribution in [1.29, 1.82) is 0 Å². The lowest BCUT2D eigenvalue weighted by Gasteiger charge is -2.09. The molecule has 0 aliphatic heterocycles. The summed E-state index contributed by atoms with van der Waals surface area (Å²) in [6, 6.07) is 6.08. The van der Waals surface area contributed by atoms with E-state index in [0.29, 0.717) is 30.5 Å². The molecule has 3 rings (SSSR count). The van der Waals surface area contributed by atoms with Crippen LogP contribution in [0, 0.1) is 0 Å². The quantitative estimate of drug-likeness (QED) is 0.649. The molecule has 128 valence electrons. The number of carbonyl (C=O) groups is 1. The predicted molar refractivity (Wildman–Crippen MR) is 98.8 cm³/mol. The number of nitrogens with one attached hydrogen (secondary N) is 1. The van der Waals surface area contributed by atoms with Gasteiger partial charge in [0.15, 0.2) is 0 Å². The van der Waals surface area contributed by atoms with Crippen molar-refractivity contribution in [2.75, 3.05) is 11.9 Å². The molecule has 24 heavy (non-hydrogen) atoms. The third-order valence-corrected chi connectivity index (χ3v) is 5.44. The van der Waals surface area contributed by atoms with Crippen LogP contribution in [0.5, 0.6) is 5.75 Å². The Morgan fingerprint density at radius 1 is 1.42 bits per heavy atom. The average Bonchev–Trinajstić information content (AvgIpc) is 3.33. The van der Waals surface area contributed by atoms with Gasteiger partial charge in [-0.25, -0.2) is 0 Å². The third kappa shape index (κ3) is 4.77. The number of ether oxygens (including phenoxy) is 1. The molecule has 1 aliphatic rings. The first kappa shape index (κ1) is 17.4. The number of aryl methyl sites for hydroxylation is 1. The minimum atomic E-state index is -0.0440. The van der Waals surface area contributed by atoms with E-state index in [1.165, 1.54) is 29.7 Å². The highest BCUT2D eigenvalue weighted by Gasteiger charge is 2.27. The zero-order chi connectivity index (χ0) is 16.9. The van der Waals surface area contributed by atoms with Crippen molar-refractivity contribution in [1.82, 2.24) is 10.2 Å². The fraction of sp³-hybridized carbons (Fsp3) is 0.471. The Balaban J connectivity index is 1.38. The van der Waals surface area contributed by atoms with E-state index in [9.17, 15) is 4.79 Å². The van der Waals surface area contributed by atoms with Crippen LogP contribution in [0.4, 0.5) is 5.13 Å². The van der Waals surface area contributed by atoms with Crippen LogP contribution in [0.25, 0.3) is 0 Å². The van der Waals surface area contributed by atoms with Crippen LogP contribution < -0.4 is 10.1 Å². The lowest BCUT2D eigenvalue weighted by atomic mass is 10.2. The molecule has 1 aromatic carbocycles. The van der Waals surface area contributed by atoms with Gasteiger partial charge in [-0.3, -0.25) is 4.79 Å². The molecule has 2 aromatic rings. The predicted octanol–water partition coefficient (Wildman–Crippen LogP) is 4.54. The van der Waals surface area contributed by atoms with Gasteiger partial charge in [-0.15, -0.1) is 10.2 Å². The molecule has 1 aliphatic carbocycles. The Bertz CT molecular complexity index is 716. The highest BCUT2D eigenvalue weighted by molar-refractivity contribution is 9.10. The Morgan fingerprint density at radius 2 is 2.25 bits per heavy atom. The second-order valence-electron chi connectivity index (χ2n) is 5.84. The molecule has 0 spiro atoms. The highest BCUT2D eigenvalue weighted by atomic mass is 79.9. The van der Waals surface area contributed by atoms with Crippen molar-refractivity contribution in [3.63, 3.8) is 0 Å². The number of anilines is 1. The summed E-state index contributed by atoms with van der Waals surface area (Å²) in [5.74, 6) is 1.34. The SMILES string of the molecule is CCc1ccc(OCCCC(=O)Nc2nnc(C3CC3)s2)c(Br)c1. The molecule has 1 saturated carbocycles. The number of carbonyl (C=O) groups excluding carboxylic acids is 1. The molecule has 0 bridgehead atoms. The molecule has 1 N–H and O–H groups in total. The fourth-order valence-corrected chi connectivity index (χ4v) is 3.73. The van der Waals surface area contributed by atoms with Crippen LogP contribution in [0.3, 0.4) is 0 Å². The van der Waals surface area contributed by atoms with Crippen molar-refractivity contribution in [2.24, 2.45) is 0 Å². The second kappa shape index (κ2) is 8.07. The molecule has 7 heteroatoms. The summed E-state index contributed by atoms with van der Waals surface area (Å²) in [5.41, 5.74) is 1.26. The Morgan fingerprint density at radius 3 is 2.96 bits per heavy atom. The van der Waals surface area contributed by atoms with E-state index in [1.807, 2.05) is 6.07 Å². The summed E-state index contributed by atoms with van der Waals surface area (Å²) < 4.78 is 6.68. The minimum Gasteiger partial charge on any atom is -0.492 e. The molecule has 1 fully saturated rings. The van der Waals surface area contributed by atoms with Gasteiger partial charge in [-0.2, -0.15) is 0 Å². The largest absolute Gasteiger partial charge is 0.492 e. The molecular weight excluding hydrogens is 390 g/mol. The standard InChI is InChI=1S/C17H20BrN3O2S/c1-2-11-5-8-14(13(18)10-11)23-9-3-4-15(22)19-17-21-20-16(24-17)12-6-7-12/h5,8,10,12H,2-4,6-7,9H2,1H3,(H,19,21,22). The molecule has 5 nitrogen and oxygen atoms in total. The topological polar surface area (TPSA) is 64.1 Å². The molecule has 1 heterocycles. The summed E-state index contributed by atoms with van der Waals surface area (Å²) in [7, 11) is 0. The maximum Gasteiger partial charge on any atom is 0.226 e. The van der Waals surface area contributed by atoms with Gasteiger partial charge in [0.05, 0.1) is 11.1 Å².